The average molecular weight is 551 g/mol. The van der Waals surface area contributed by atoms with Crippen LogP contribution in [-0.2, 0) is 4.79 Å². The fourth-order valence-electron chi connectivity index (χ4n) is 5.03. The molecule has 1 aliphatic rings. The number of aryl methyl sites for hydroxylation is 1. The lowest BCUT2D eigenvalue weighted by molar-refractivity contribution is -0.124. The maximum Gasteiger partial charge on any atom is 0.261 e. The number of amides is 1. The van der Waals surface area contributed by atoms with Crippen molar-refractivity contribution in [2.24, 2.45) is 0 Å². The predicted molar refractivity (Wildman–Crippen MR) is 152 cm³/mol. The predicted octanol–water partition coefficient (Wildman–Crippen LogP) is 3.10. The summed E-state index contributed by atoms with van der Waals surface area (Å²) < 4.78 is 0. The molecule has 6 N–H and O–H groups in total. The smallest absolute Gasteiger partial charge is 0.261 e. The molecule has 204 valence electrons. The molecule has 0 unspecified atom stereocenters. The topological polar surface area (TPSA) is 146 Å². The maximum absolute atomic E-state index is 12.9. The highest BCUT2D eigenvalue weighted by Gasteiger charge is 2.22. The number of halogens is 1. The van der Waals surface area contributed by atoms with Crippen molar-refractivity contribution in [3.05, 3.63) is 75.2 Å². The number of H-pyrrole nitrogens is 2. The van der Waals surface area contributed by atoms with Crippen molar-refractivity contribution in [2.45, 2.75) is 31.9 Å². The minimum absolute atomic E-state index is 0.0533. The number of aromatic nitrogens is 3. The molecule has 1 atom stereocenters. The highest BCUT2D eigenvalue weighted by atomic mass is 35.5. The van der Waals surface area contributed by atoms with Gasteiger partial charge in [0, 0.05) is 42.6 Å². The standard InChI is InChI=1S/C28H31ClN6O4/c1-16-11-20(35-9-6-19(7-10-35)32-24(38)15-36)13-22-26(16)34-27(33-22)25-21(5-8-30-28(25)39)31-14-23(37)17-3-2-4-18(29)12-17/h2-5,8,11-13,19,23,36-37H,6-7,9-10,14-15H2,1H3,(H,32,38)(H,33,34)(H2,30,31,39)/t23-/m1/s1. The van der Waals surface area contributed by atoms with Gasteiger partial charge in [-0.3, -0.25) is 9.59 Å². The monoisotopic (exact) mass is 550 g/mol. The van der Waals surface area contributed by atoms with Gasteiger partial charge in [0.1, 0.15) is 18.0 Å². The lowest BCUT2D eigenvalue weighted by Crippen LogP contribution is -2.45. The molecule has 2 aromatic heterocycles. The van der Waals surface area contributed by atoms with E-state index in [0.29, 0.717) is 27.7 Å². The quantitative estimate of drug-likeness (QED) is 0.198. The van der Waals surface area contributed by atoms with Crippen LogP contribution in [0.3, 0.4) is 0 Å². The van der Waals surface area contributed by atoms with E-state index in [4.69, 9.17) is 21.7 Å². The summed E-state index contributed by atoms with van der Waals surface area (Å²) >= 11 is 6.06. The third kappa shape index (κ3) is 5.93. The molecule has 3 heterocycles. The van der Waals surface area contributed by atoms with Gasteiger partial charge in [-0.1, -0.05) is 23.7 Å². The molecule has 0 bridgehead atoms. The molecule has 10 nitrogen and oxygen atoms in total. The first-order chi connectivity index (χ1) is 18.8. The first-order valence-electron chi connectivity index (χ1n) is 12.9. The van der Waals surface area contributed by atoms with Crippen LogP contribution in [0.2, 0.25) is 5.02 Å². The zero-order chi connectivity index (χ0) is 27.5. The molecule has 5 rings (SSSR count). The second kappa shape index (κ2) is 11.5. The summed E-state index contributed by atoms with van der Waals surface area (Å²) in [6, 6.07) is 12.9. The minimum Gasteiger partial charge on any atom is -0.387 e. The molecule has 0 aliphatic carbocycles. The highest BCUT2D eigenvalue weighted by molar-refractivity contribution is 6.30. The summed E-state index contributed by atoms with van der Waals surface area (Å²) in [7, 11) is 0. The number of nitrogens with one attached hydrogen (secondary N) is 4. The van der Waals surface area contributed by atoms with Crippen LogP contribution in [0.4, 0.5) is 11.4 Å². The van der Waals surface area contributed by atoms with E-state index < -0.39 is 12.7 Å². The van der Waals surface area contributed by atoms with Gasteiger partial charge in [-0.2, -0.15) is 0 Å². The van der Waals surface area contributed by atoms with Crippen LogP contribution in [0.5, 0.6) is 0 Å². The van der Waals surface area contributed by atoms with Crippen molar-refractivity contribution in [2.75, 3.05) is 36.5 Å². The van der Waals surface area contributed by atoms with Crippen LogP contribution in [0.25, 0.3) is 22.4 Å². The number of aromatic amines is 2. The summed E-state index contributed by atoms with van der Waals surface area (Å²) in [6.07, 6.45) is 2.30. The second-order valence-electron chi connectivity index (χ2n) is 9.78. The van der Waals surface area contributed by atoms with E-state index in [1.807, 2.05) is 13.0 Å². The molecule has 11 heteroatoms. The first kappa shape index (κ1) is 26.7. The van der Waals surface area contributed by atoms with E-state index in [1.165, 1.54) is 0 Å². The number of pyridine rings is 1. The lowest BCUT2D eigenvalue weighted by Gasteiger charge is -2.34. The summed E-state index contributed by atoms with van der Waals surface area (Å²) in [4.78, 5) is 37.5. The molecule has 2 aromatic carbocycles. The van der Waals surface area contributed by atoms with Crippen LogP contribution in [0.15, 0.2) is 53.5 Å². The Labute approximate surface area is 230 Å². The molecule has 0 spiro atoms. The van der Waals surface area contributed by atoms with E-state index in [1.54, 1.807) is 36.5 Å². The number of rotatable bonds is 8. The number of imidazole rings is 1. The molecule has 39 heavy (non-hydrogen) atoms. The van der Waals surface area contributed by atoms with Crippen LogP contribution in [0, 0.1) is 6.92 Å². The maximum atomic E-state index is 12.9. The van der Waals surface area contributed by atoms with Gasteiger partial charge < -0.3 is 35.7 Å². The van der Waals surface area contributed by atoms with E-state index in [0.717, 1.165) is 48.2 Å². The van der Waals surface area contributed by atoms with Crippen molar-refractivity contribution in [1.29, 1.82) is 0 Å². The summed E-state index contributed by atoms with van der Waals surface area (Å²) in [6.45, 7) is 3.20. The number of aliphatic hydroxyl groups excluding tert-OH is 2. The highest BCUT2D eigenvalue weighted by Crippen LogP contribution is 2.30. The zero-order valence-electron chi connectivity index (χ0n) is 21.5. The molecule has 0 radical (unpaired) electrons. The molecule has 1 fully saturated rings. The van der Waals surface area contributed by atoms with Crippen molar-refractivity contribution in [3.8, 4) is 11.4 Å². The molecule has 1 amide bonds. The number of nitrogens with zero attached hydrogens (tertiary/aromatic N) is 2. The molecular formula is C28H31ClN6O4. The van der Waals surface area contributed by atoms with E-state index >= 15 is 0 Å². The summed E-state index contributed by atoms with van der Waals surface area (Å²) in [5, 5.41) is 26.2. The number of fused-ring (bicyclic) bond motifs is 1. The summed E-state index contributed by atoms with van der Waals surface area (Å²) in [5.41, 5.74) is 4.85. The molecule has 1 saturated heterocycles. The van der Waals surface area contributed by atoms with E-state index in [9.17, 15) is 14.7 Å². The Hall–Kier alpha value is -3.86. The van der Waals surface area contributed by atoms with Gasteiger partial charge >= 0.3 is 0 Å². The van der Waals surface area contributed by atoms with Crippen molar-refractivity contribution < 1.29 is 15.0 Å². The van der Waals surface area contributed by atoms with Gasteiger partial charge in [0.15, 0.2) is 0 Å². The molecule has 4 aromatic rings. The number of aliphatic hydroxyl groups is 2. The fourth-order valence-corrected chi connectivity index (χ4v) is 5.23. The number of benzene rings is 2. The van der Waals surface area contributed by atoms with Gasteiger partial charge in [-0.05, 0) is 61.2 Å². The van der Waals surface area contributed by atoms with Crippen LogP contribution in [-0.4, -0.2) is 63.4 Å². The van der Waals surface area contributed by atoms with E-state index in [2.05, 4.69) is 31.6 Å². The fraction of sp³-hybridized carbons (Fsp3) is 0.321. The van der Waals surface area contributed by atoms with Crippen LogP contribution < -0.4 is 21.1 Å². The number of carbonyl (C=O) groups excluding carboxylic acids is 1. The number of hydrogen-bond donors (Lipinski definition) is 6. The van der Waals surface area contributed by atoms with Gasteiger partial charge in [0.25, 0.3) is 5.56 Å². The van der Waals surface area contributed by atoms with Crippen molar-refractivity contribution in [1.82, 2.24) is 20.3 Å². The Balaban J connectivity index is 1.37. The molecular weight excluding hydrogens is 520 g/mol. The van der Waals surface area contributed by atoms with Gasteiger partial charge in [-0.15, -0.1) is 0 Å². The lowest BCUT2D eigenvalue weighted by atomic mass is 10.0. The van der Waals surface area contributed by atoms with Crippen LogP contribution in [0.1, 0.15) is 30.1 Å². The Morgan fingerprint density at radius 1 is 1.23 bits per heavy atom. The minimum atomic E-state index is -0.822. The second-order valence-corrected chi connectivity index (χ2v) is 10.2. The summed E-state index contributed by atoms with van der Waals surface area (Å²) in [5.74, 6) is 0.0803. The van der Waals surface area contributed by atoms with Gasteiger partial charge in [0.05, 0.1) is 22.8 Å². The molecule has 1 aliphatic heterocycles. The van der Waals surface area contributed by atoms with Gasteiger partial charge in [0.2, 0.25) is 5.91 Å². The number of hydrogen-bond acceptors (Lipinski definition) is 7. The van der Waals surface area contributed by atoms with E-state index in [-0.39, 0.29) is 24.1 Å². The number of carbonyl (C=O) groups is 1. The third-order valence-electron chi connectivity index (χ3n) is 7.05. The molecule has 0 saturated carbocycles. The average Bonchev–Trinajstić information content (AvgIpc) is 3.36. The number of piperidine rings is 1. The number of anilines is 2. The Kier molecular flexibility index (Phi) is 7.87. The third-order valence-corrected chi connectivity index (χ3v) is 7.28. The Morgan fingerprint density at radius 3 is 2.77 bits per heavy atom. The van der Waals surface area contributed by atoms with Crippen molar-refractivity contribution >= 4 is 39.9 Å². The van der Waals surface area contributed by atoms with Crippen LogP contribution >= 0.6 is 11.6 Å². The normalized spacial score (nSPS) is 14.9. The van der Waals surface area contributed by atoms with Gasteiger partial charge in [-0.25, -0.2) is 4.98 Å². The zero-order valence-corrected chi connectivity index (χ0v) is 22.3. The Morgan fingerprint density at radius 2 is 2.03 bits per heavy atom. The van der Waals surface area contributed by atoms with Crippen molar-refractivity contribution in [3.63, 3.8) is 0 Å². The Bertz CT molecular complexity index is 1540. The first-order valence-corrected chi connectivity index (χ1v) is 13.2. The SMILES string of the molecule is Cc1cc(N2CCC(NC(=O)CO)CC2)cc2[nH]c(-c3c(NC[C@@H](O)c4cccc(Cl)c4)cc[nH]c3=O)nc12. The largest absolute Gasteiger partial charge is 0.387 e.